The highest BCUT2D eigenvalue weighted by Gasteiger charge is 2.28. The number of nitrogens with one attached hydrogen (secondary N) is 2. The molecule has 1 aromatic carbocycles. The van der Waals surface area contributed by atoms with Gasteiger partial charge in [-0.1, -0.05) is 25.0 Å². The summed E-state index contributed by atoms with van der Waals surface area (Å²) >= 11 is 0. The van der Waals surface area contributed by atoms with Gasteiger partial charge in [-0.05, 0) is 95.5 Å². The van der Waals surface area contributed by atoms with Crippen molar-refractivity contribution in [2.45, 2.75) is 78.7 Å². The van der Waals surface area contributed by atoms with E-state index in [-0.39, 0.29) is 23.8 Å². The zero-order valence-electron chi connectivity index (χ0n) is 25.9. The van der Waals surface area contributed by atoms with E-state index in [0.717, 1.165) is 45.3 Å². The van der Waals surface area contributed by atoms with Gasteiger partial charge in [0.1, 0.15) is 6.04 Å². The topological polar surface area (TPSA) is 100 Å². The number of allylic oxidation sites excluding steroid dienone is 1. The van der Waals surface area contributed by atoms with Gasteiger partial charge in [0.25, 0.3) is 11.8 Å². The number of nitrogens with zero attached hydrogens (tertiary/aromatic N) is 2. The first-order valence-electron chi connectivity index (χ1n) is 15.1. The van der Waals surface area contributed by atoms with Crippen LogP contribution in [0.3, 0.4) is 0 Å². The smallest absolute Gasteiger partial charge is 0.258 e. The summed E-state index contributed by atoms with van der Waals surface area (Å²) in [6, 6.07) is 4.23. The van der Waals surface area contributed by atoms with Crippen molar-refractivity contribution in [3.05, 3.63) is 34.9 Å². The largest absolute Gasteiger partial charge is 0.493 e. The van der Waals surface area contributed by atoms with E-state index >= 15 is 0 Å². The van der Waals surface area contributed by atoms with Crippen LogP contribution in [0, 0.1) is 5.41 Å². The molecule has 3 aliphatic rings. The molecular weight excluding hydrogens is 520 g/mol. The number of benzene rings is 1. The van der Waals surface area contributed by atoms with Crippen LogP contribution in [-0.2, 0) is 9.59 Å². The van der Waals surface area contributed by atoms with Gasteiger partial charge in [-0.3, -0.25) is 14.4 Å². The summed E-state index contributed by atoms with van der Waals surface area (Å²) in [4.78, 5) is 42.4. The first-order chi connectivity index (χ1) is 19.5. The van der Waals surface area contributed by atoms with Crippen LogP contribution in [0.25, 0.3) is 0 Å². The molecule has 41 heavy (non-hydrogen) atoms. The molecule has 1 atom stereocenters. The van der Waals surface area contributed by atoms with E-state index in [0.29, 0.717) is 30.2 Å². The number of methoxy groups -OCH3 is 1. The van der Waals surface area contributed by atoms with Crippen molar-refractivity contribution in [3.8, 4) is 11.5 Å². The van der Waals surface area contributed by atoms with Gasteiger partial charge in [-0.2, -0.15) is 0 Å². The quantitative estimate of drug-likeness (QED) is 0.417. The van der Waals surface area contributed by atoms with Crippen LogP contribution in [-0.4, -0.2) is 87.1 Å². The lowest BCUT2D eigenvalue weighted by Gasteiger charge is -2.36. The van der Waals surface area contributed by atoms with Gasteiger partial charge in [-0.15, -0.1) is 0 Å². The van der Waals surface area contributed by atoms with E-state index in [1.807, 2.05) is 0 Å². The van der Waals surface area contributed by atoms with Crippen molar-refractivity contribution >= 4 is 17.7 Å². The Morgan fingerprint density at radius 1 is 1.07 bits per heavy atom. The lowest BCUT2D eigenvalue weighted by Crippen LogP contribution is -2.47. The molecule has 0 saturated heterocycles. The number of carbonyl (C=O) groups is 3. The Hall–Kier alpha value is -3.07. The molecule has 2 aliphatic heterocycles. The molecule has 228 valence electrons. The number of ether oxygens (including phenoxy) is 2. The van der Waals surface area contributed by atoms with Crippen LogP contribution >= 0.6 is 0 Å². The fourth-order valence-corrected chi connectivity index (χ4v) is 5.98. The van der Waals surface area contributed by atoms with Crippen LogP contribution in [0.15, 0.2) is 29.3 Å². The molecule has 9 heteroatoms. The van der Waals surface area contributed by atoms with Gasteiger partial charge in [0.15, 0.2) is 18.1 Å². The summed E-state index contributed by atoms with van der Waals surface area (Å²) in [5.41, 5.74) is 3.86. The molecule has 0 spiro atoms. The summed E-state index contributed by atoms with van der Waals surface area (Å²) in [7, 11) is 3.27. The second-order valence-corrected chi connectivity index (χ2v) is 12.1. The fourth-order valence-electron chi connectivity index (χ4n) is 5.98. The van der Waals surface area contributed by atoms with Gasteiger partial charge in [0, 0.05) is 32.2 Å². The lowest BCUT2D eigenvalue weighted by molar-refractivity contribution is -0.135. The minimum Gasteiger partial charge on any atom is -0.493 e. The Balaban J connectivity index is 1.71. The summed E-state index contributed by atoms with van der Waals surface area (Å²) in [6.07, 6.45) is 7.45. The highest BCUT2D eigenvalue weighted by Crippen LogP contribution is 2.41. The second-order valence-electron chi connectivity index (χ2n) is 12.1. The van der Waals surface area contributed by atoms with Crippen molar-refractivity contribution in [2.24, 2.45) is 5.41 Å². The third-order valence-electron chi connectivity index (χ3n) is 8.43. The maximum atomic E-state index is 12.9. The molecule has 0 fully saturated rings. The van der Waals surface area contributed by atoms with E-state index < -0.39 is 11.9 Å². The SMILES string of the molecule is COc1cc2ccc1OCC(=O)N[C@@H](C)C(=O)N(C)CCCCN(CCC1=C(C)CCCC1(C)C)CCCNC2=O. The lowest BCUT2D eigenvalue weighted by atomic mass is 9.71. The average Bonchev–Trinajstić information content (AvgIpc) is 2.93. The first kappa shape index (κ1) is 32.4. The summed E-state index contributed by atoms with van der Waals surface area (Å²) in [6.45, 7) is 12.5. The number of hydrogen-bond acceptors (Lipinski definition) is 6. The molecule has 2 heterocycles. The zero-order valence-corrected chi connectivity index (χ0v) is 25.9. The predicted molar refractivity (Wildman–Crippen MR) is 161 cm³/mol. The van der Waals surface area contributed by atoms with Crippen molar-refractivity contribution < 1.29 is 23.9 Å². The molecule has 1 aliphatic carbocycles. The number of hydrogen-bond donors (Lipinski definition) is 2. The van der Waals surface area contributed by atoms with E-state index in [2.05, 4.69) is 36.3 Å². The molecule has 0 unspecified atom stereocenters. The number of rotatable bonds is 4. The average molecular weight is 571 g/mol. The fraction of sp³-hybridized carbons (Fsp3) is 0.656. The molecule has 9 nitrogen and oxygen atoms in total. The van der Waals surface area contributed by atoms with Crippen molar-refractivity contribution in [3.63, 3.8) is 0 Å². The molecule has 1 aromatic rings. The van der Waals surface area contributed by atoms with Crippen molar-refractivity contribution in [1.82, 2.24) is 20.4 Å². The second kappa shape index (κ2) is 15.2. The molecule has 0 saturated carbocycles. The number of amides is 3. The maximum absolute atomic E-state index is 12.9. The minimum atomic E-state index is -0.662. The summed E-state index contributed by atoms with van der Waals surface area (Å²) in [5, 5.41) is 5.75. The Labute approximate surface area is 246 Å². The molecule has 2 N–H and O–H groups in total. The third-order valence-corrected chi connectivity index (χ3v) is 8.43. The summed E-state index contributed by atoms with van der Waals surface area (Å²) in [5.74, 6) is 0.000733. The standard InChI is InChI=1S/C32H50N4O5/c1-23-11-9-15-32(3,4)26(23)14-20-36-18-8-7-17-35(5)31(39)24(2)34-29(37)22-41-27-13-12-25(21-28(27)40-6)30(38)33-16-10-19-36/h12-13,21,24H,7-11,14-20,22H2,1-6H3,(H,33,38)(H,34,37)/t24-/m0/s1. The van der Waals surface area contributed by atoms with Crippen LogP contribution < -0.4 is 20.1 Å². The third kappa shape index (κ3) is 9.48. The predicted octanol–water partition coefficient (Wildman–Crippen LogP) is 4.17. The molecule has 0 radical (unpaired) electrons. The van der Waals surface area contributed by atoms with Crippen LogP contribution in [0.2, 0.25) is 0 Å². The highest BCUT2D eigenvalue weighted by molar-refractivity contribution is 5.95. The molecule has 0 aromatic heterocycles. The normalized spacial score (nSPS) is 22.4. The Bertz CT molecular complexity index is 1100. The van der Waals surface area contributed by atoms with E-state index in [9.17, 15) is 14.4 Å². The van der Waals surface area contributed by atoms with Gasteiger partial charge < -0.3 is 29.9 Å². The minimum absolute atomic E-state index is 0.130. The van der Waals surface area contributed by atoms with Crippen LogP contribution in [0.4, 0.5) is 0 Å². The van der Waals surface area contributed by atoms with E-state index in [1.165, 1.54) is 26.4 Å². The Morgan fingerprint density at radius 3 is 2.54 bits per heavy atom. The molecule has 4 rings (SSSR count). The van der Waals surface area contributed by atoms with Crippen LogP contribution in [0.1, 0.15) is 83.0 Å². The summed E-state index contributed by atoms with van der Waals surface area (Å²) < 4.78 is 11.0. The van der Waals surface area contributed by atoms with Crippen molar-refractivity contribution in [2.75, 3.05) is 53.5 Å². The molecular formula is C32H50N4O5. The monoisotopic (exact) mass is 570 g/mol. The first-order valence-corrected chi connectivity index (χ1v) is 15.1. The van der Waals surface area contributed by atoms with Gasteiger partial charge in [-0.25, -0.2) is 0 Å². The van der Waals surface area contributed by atoms with Gasteiger partial charge >= 0.3 is 0 Å². The van der Waals surface area contributed by atoms with Gasteiger partial charge in [0.2, 0.25) is 5.91 Å². The van der Waals surface area contributed by atoms with E-state index in [1.54, 1.807) is 48.2 Å². The number of carbonyl (C=O) groups excluding carboxylic acids is 3. The van der Waals surface area contributed by atoms with Gasteiger partial charge in [0.05, 0.1) is 7.11 Å². The Kier molecular flexibility index (Phi) is 12.1. The number of fused-ring (bicyclic) bond motifs is 18. The number of likely N-dealkylation sites (N-methyl/N-ethyl adjacent to an activating group) is 1. The maximum Gasteiger partial charge on any atom is 0.258 e. The Morgan fingerprint density at radius 2 is 1.80 bits per heavy atom. The highest BCUT2D eigenvalue weighted by atomic mass is 16.5. The zero-order chi connectivity index (χ0) is 30.0. The van der Waals surface area contributed by atoms with Crippen molar-refractivity contribution in [1.29, 1.82) is 0 Å². The van der Waals surface area contributed by atoms with E-state index in [4.69, 9.17) is 9.47 Å². The molecule has 2 bridgehead atoms. The van der Waals surface area contributed by atoms with Crippen LogP contribution in [0.5, 0.6) is 11.5 Å². The molecule has 3 amide bonds.